The van der Waals surface area contributed by atoms with E-state index in [-0.39, 0.29) is 0 Å². The molecular weight excluding hydrogens is 334 g/mol. The summed E-state index contributed by atoms with van der Waals surface area (Å²) in [5.74, 6) is 0.722. The van der Waals surface area contributed by atoms with Crippen molar-refractivity contribution < 1.29 is 9.84 Å². The minimum Gasteiger partial charge on any atom is -0.490 e. The number of halogens is 2. The Hall–Kier alpha value is -1.11. The van der Waals surface area contributed by atoms with E-state index in [0.717, 1.165) is 10.2 Å². The second-order valence-electron chi connectivity index (χ2n) is 4.01. The number of aliphatic hydroxyl groups is 1. The molecule has 0 saturated carbocycles. The highest BCUT2D eigenvalue weighted by atomic mass is 79.9. The van der Waals surface area contributed by atoms with Gasteiger partial charge in [-0.15, -0.1) is 5.10 Å². The van der Waals surface area contributed by atoms with E-state index < -0.39 is 6.10 Å². The summed E-state index contributed by atoms with van der Waals surface area (Å²) in [4.78, 5) is 0. The summed E-state index contributed by atoms with van der Waals surface area (Å²) >= 11 is 9.23. The highest BCUT2D eigenvalue weighted by Crippen LogP contribution is 2.27. The van der Waals surface area contributed by atoms with Gasteiger partial charge in [-0.05, 0) is 41.1 Å². The molecule has 5 nitrogen and oxygen atoms in total. The quantitative estimate of drug-likeness (QED) is 0.904. The maximum absolute atomic E-state index is 9.34. The molecule has 1 unspecified atom stereocenters. The number of rotatable bonds is 5. The molecular formula is C12H13BrClN3O2. The molecule has 1 heterocycles. The molecule has 19 heavy (non-hydrogen) atoms. The largest absolute Gasteiger partial charge is 0.490 e. The normalized spacial score (nSPS) is 12.4. The first-order valence-electron chi connectivity index (χ1n) is 5.72. The summed E-state index contributed by atoms with van der Waals surface area (Å²) < 4.78 is 8.05. The van der Waals surface area contributed by atoms with Crippen LogP contribution in [0.25, 0.3) is 0 Å². The van der Waals surface area contributed by atoms with Crippen LogP contribution in [-0.2, 0) is 6.54 Å². The van der Waals surface area contributed by atoms with Crippen molar-refractivity contribution in [1.29, 1.82) is 0 Å². The van der Waals surface area contributed by atoms with Crippen molar-refractivity contribution in [3.8, 4) is 5.75 Å². The van der Waals surface area contributed by atoms with Crippen LogP contribution < -0.4 is 4.74 Å². The van der Waals surface area contributed by atoms with E-state index in [2.05, 4.69) is 26.2 Å². The molecule has 0 spiro atoms. The molecule has 102 valence electrons. The van der Waals surface area contributed by atoms with E-state index in [1.54, 1.807) is 36.0 Å². The van der Waals surface area contributed by atoms with Crippen LogP contribution in [-0.4, -0.2) is 26.7 Å². The van der Waals surface area contributed by atoms with Gasteiger partial charge in [0.25, 0.3) is 0 Å². The van der Waals surface area contributed by atoms with Gasteiger partial charge in [-0.1, -0.05) is 16.8 Å². The van der Waals surface area contributed by atoms with Gasteiger partial charge in [0.2, 0.25) is 0 Å². The molecule has 0 aliphatic rings. The number of nitrogens with zero attached hydrogens (tertiary/aromatic N) is 3. The molecule has 0 aliphatic carbocycles. The van der Waals surface area contributed by atoms with Crippen molar-refractivity contribution in [3.63, 3.8) is 0 Å². The number of aliphatic hydroxyl groups excluding tert-OH is 1. The van der Waals surface area contributed by atoms with Crippen molar-refractivity contribution in [1.82, 2.24) is 15.0 Å². The highest BCUT2D eigenvalue weighted by Gasteiger charge is 2.06. The number of aromatic nitrogens is 3. The first kappa shape index (κ1) is 14.3. The smallest absolute Gasteiger partial charge is 0.133 e. The molecule has 0 radical (unpaired) electrons. The summed E-state index contributed by atoms with van der Waals surface area (Å²) in [5, 5.41) is 17.7. The summed E-state index contributed by atoms with van der Waals surface area (Å²) in [6.07, 6.45) is 1.09. The van der Waals surface area contributed by atoms with E-state index in [9.17, 15) is 5.11 Å². The van der Waals surface area contributed by atoms with E-state index in [1.165, 1.54) is 0 Å². The van der Waals surface area contributed by atoms with Gasteiger partial charge in [-0.25, -0.2) is 4.68 Å². The van der Waals surface area contributed by atoms with Crippen LogP contribution in [0.4, 0.5) is 0 Å². The second-order valence-corrected chi connectivity index (χ2v) is 5.30. The summed E-state index contributed by atoms with van der Waals surface area (Å²) in [6.45, 7) is 2.65. The monoisotopic (exact) mass is 345 g/mol. The van der Waals surface area contributed by atoms with Gasteiger partial charge in [0, 0.05) is 5.02 Å². The Morgan fingerprint density at radius 2 is 2.32 bits per heavy atom. The predicted octanol–water partition coefficient (Wildman–Crippen LogP) is 2.83. The molecule has 0 bridgehead atoms. The number of hydrogen-bond acceptors (Lipinski definition) is 4. The zero-order valence-corrected chi connectivity index (χ0v) is 12.6. The van der Waals surface area contributed by atoms with Gasteiger partial charge >= 0.3 is 0 Å². The van der Waals surface area contributed by atoms with E-state index in [0.29, 0.717) is 23.9 Å². The molecule has 2 aromatic rings. The molecule has 1 atom stereocenters. The average molecular weight is 347 g/mol. The summed E-state index contributed by atoms with van der Waals surface area (Å²) in [5.41, 5.74) is 0.549. The third-order valence-corrected chi connectivity index (χ3v) is 3.31. The van der Waals surface area contributed by atoms with Gasteiger partial charge in [0.1, 0.15) is 18.1 Å². The average Bonchev–Trinajstić information content (AvgIpc) is 2.81. The Kier molecular flexibility index (Phi) is 4.79. The van der Waals surface area contributed by atoms with Gasteiger partial charge in [0.05, 0.1) is 23.3 Å². The third-order valence-electron chi connectivity index (χ3n) is 2.46. The summed E-state index contributed by atoms with van der Waals surface area (Å²) in [6, 6.07) is 5.34. The first-order valence-corrected chi connectivity index (χ1v) is 6.89. The van der Waals surface area contributed by atoms with Crippen molar-refractivity contribution >= 4 is 27.5 Å². The SMILES string of the molecule is CC(O)c1cn(CCOc2ccc(Cl)cc2Br)nn1. The summed E-state index contributed by atoms with van der Waals surface area (Å²) in [7, 11) is 0. The fourth-order valence-corrected chi connectivity index (χ4v) is 2.25. The van der Waals surface area contributed by atoms with Gasteiger partial charge in [-0.3, -0.25) is 0 Å². The van der Waals surface area contributed by atoms with E-state index in [4.69, 9.17) is 16.3 Å². The zero-order chi connectivity index (χ0) is 13.8. The molecule has 2 rings (SSSR count). The zero-order valence-electron chi connectivity index (χ0n) is 10.3. The maximum atomic E-state index is 9.34. The fourth-order valence-electron chi connectivity index (χ4n) is 1.46. The lowest BCUT2D eigenvalue weighted by atomic mass is 10.3. The number of benzene rings is 1. The fraction of sp³-hybridized carbons (Fsp3) is 0.333. The van der Waals surface area contributed by atoms with Gasteiger partial charge in [0.15, 0.2) is 0 Å². The highest BCUT2D eigenvalue weighted by molar-refractivity contribution is 9.10. The second kappa shape index (κ2) is 6.36. The lowest BCUT2D eigenvalue weighted by Crippen LogP contribution is -2.09. The van der Waals surface area contributed by atoms with Crippen LogP contribution in [0.1, 0.15) is 18.7 Å². The molecule has 1 N–H and O–H groups in total. The van der Waals surface area contributed by atoms with Crippen molar-refractivity contribution in [2.75, 3.05) is 6.61 Å². The van der Waals surface area contributed by atoms with Crippen LogP contribution >= 0.6 is 27.5 Å². The molecule has 1 aromatic heterocycles. The Bertz CT molecular complexity index is 560. The van der Waals surface area contributed by atoms with Crippen LogP contribution in [0.15, 0.2) is 28.9 Å². The molecule has 0 fully saturated rings. The Morgan fingerprint density at radius 1 is 1.53 bits per heavy atom. The molecule has 0 saturated heterocycles. The van der Waals surface area contributed by atoms with Crippen LogP contribution in [0, 0.1) is 0 Å². The first-order chi connectivity index (χ1) is 9.06. The lowest BCUT2D eigenvalue weighted by Gasteiger charge is -2.08. The number of hydrogen-bond donors (Lipinski definition) is 1. The lowest BCUT2D eigenvalue weighted by molar-refractivity contribution is 0.194. The Morgan fingerprint density at radius 3 is 2.95 bits per heavy atom. The Labute approximate surface area is 124 Å². The van der Waals surface area contributed by atoms with E-state index >= 15 is 0 Å². The molecule has 7 heteroatoms. The predicted molar refractivity (Wildman–Crippen MR) is 75.3 cm³/mol. The Balaban J connectivity index is 1.89. The van der Waals surface area contributed by atoms with Crippen molar-refractivity contribution in [3.05, 3.63) is 39.6 Å². The molecule has 0 amide bonds. The van der Waals surface area contributed by atoms with Crippen molar-refractivity contribution in [2.24, 2.45) is 0 Å². The topological polar surface area (TPSA) is 60.2 Å². The van der Waals surface area contributed by atoms with Crippen molar-refractivity contribution in [2.45, 2.75) is 19.6 Å². The van der Waals surface area contributed by atoms with Crippen LogP contribution in [0.5, 0.6) is 5.75 Å². The van der Waals surface area contributed by atoms with Crippen LogP contribution in [0.3, 0.4) is 0 Å². The molecule has 1 aromatic carbocycles. The standard InChI is InChI=1S/C12H13BrClN3O2/c1-8(18)11-7-17(16-15-11)4-5-19-12-3-2-9(14)6-10(12)13/h2-3,6-8,18H,4-5H2,1H3. The third kappa shape index (κ3) is 3.92. The minimum atomic E-state index is -0.611. The van der Waals surface area contributed by atoms with Gasteiger partial charge in [-0.2, -0.15) is 0 Å². The van der Waals surface area contributed by atoms with Gasteiger partial charge < -0.3 is 9.84 Å². The molecule has 0 aliphatic heterocycles. The maximum Gasteiger partial charge on any atom is 0.133 e. The van der Waals surface area contributed by atoms with Crippen LogP contribution in [0.2, 0.25) is 5.02 Å². The number of ether oxygens (including phenoxy) is 1. The van der Waals surface area contributed by atoms with E-state index in [1.807, 2.05) is 0 Å². The minimum absolute atomic E-state index is 0.447.